The number of nitrogens with one attached hydrogen (secondary N) is 1. The molecule has 0 aliphatic heterocycles. The van der Waals surface area contributed by atoms with Gasteiger partial charge in [-0.15, -0.1) is 0 Å². The molecule has 2 aromatic heterocycles. The molecule has 0 radical (unpaired) electrons. The summed E-state index contributed by atoms with van der Waals surface area (Å²) in [5.41, 5.74) is 1.74. The first-order valence-electron chi connectivity index (χ1n) is 5.08. The summed E-state index contributed by atoms with van der Waals surface area (Å²) in [6.07, 6.45) is 3.31. The number of nitrogens with zero attached hydrogens (tertiary/aromatic N) is 3. The van der Waals surface area contributed by atoms with E-state index in [1.54, 1.807) is 29.2 Å². The monoisotopic (exact) mass is 250 g/mol. The summed E-state index contributed by atoms with van der Waals surface area (Å²) in [5.74, 6) is 0.294. The zero-order valence-corrected chi connectivity index (χ0v) is 9.99. The second-order valence-electron chi connectivity index (χ2n) is 3.49. The van der Waals surface area contributed by atoms with Gasteiger partial charge in [-0.1, -0.05) is 12.2 Å². The average molecular weight is 250 g/mol. The Bertz CT molecular complexity index is 526. The van der Waals surface area contributed by atoms with E-state index in [4.69, 9.17) is 0 Å². The van der Waals surface area contributed by atoms with Crippen molar-refractivity contribution in [3.05, 3.63) is 42.1 Å². The molecule has 0 bridgehead atoms. The first-order chi connectivity index (χ1) is 8.22. The number of pyridine rings is 1. The quantitative estimate of drug-likeness (QED) is 0.846. The Morgan fingerprint density at radius 2 is 2.35 bits per heavy atom. The number of anilines is 1. The van der Waals surface area contributed by atoms with Gasteiger partial charge in [0.25, 0.3) is 0 Å². The van der Waals surface area contributed by atoms with Crippen molar-refractivity contribution < 1.29 is 4.39 Å². The highest BCUT2D eigenvalue weighted by Crippen LogP contribution is 2.18. The highest BCUT2D eigenvalue weighted by atomic mass is 32.1. The van der Waals surface area contributed by atoms with Gasteiger partial charge in [0.2, 0.25) is 0 Å². The SMILES string of the molecule is CC(c1ncccc1F)n1ccc(NC=S)n1. The standard InChI is InChI=1S/C11H11FN4S/c1-8(11-9(12)3-2-5-13-11)16-6-4-10(15-16)14-7-17/h2-8H,1H3,(H,14,15,17). The molecule has 2 rings (SSSR count). The highest BCUT2D eigenvalue weighted by Gasteiger charge is 2.14. The Hall–Kier alpha value is -1.82. The molecule has 0 fully saturated rings. The van der Waals surface area contributed by atoms with E-state index in [0.717, 1.165) is 0 Å². The third-order valence-electron chi connectivity index (χ3n) is 2.39. The number of thiocarbonyl (C=S) groups is 1. The molecular weight excluding hydrogens is 239 g/mol. The van der Waals surface area contributed by atoms with Crippen molar-refractivity contribution in [1.82, 2.24) is 14.8 Å². The number of hydrogen-bond donors (Lipinski definition) is 1. The number of hydrogen-bond acceptors (Lipinski definition) is 3. The predicted octanol–water partition coefficient (Wildman–Crippen LogP) is 2.40. The maximum atomic E-state index is 13.5. The summed E-state index contributed by atoms with van der Waals surface area (Å²) in [7, 11) is 0. The van der Waals surface area contributed by atoms with Gasteiger partial charge in [-0.05, 0) is 19.1 Å². The predicted molar refractivity (Wildman–Crippen MR) is 67.5 cm³/mol. The second kappa shape index (κ2) is 5.01. The van der Waals surface area contributed by atoms with Crippen LogP contribution in [0.5, 0.6) is 0 Å². The van der Waals surface area contributed by atoms with Gasteiger partial charge in [0.1, 0.15) is 11.5 Å². The van der Waals surface area contributed by atoms with Gasteiger partial charge in [0.05, 0.1) is 11.5 Å². The summed E-state index contributed by atoms with van der Waals surface area (Å²) in [4.78, 5) is 4.03. The van der Waals surface area contributed by atoms with E-state index in [0.29, 0.717) is 11.5 Å². The Kier molecular flexibility index (Phi) is 3.43. The zero-order chi connectivity index (χ0) is 12.3. The van der Waals surface area contributed by atoms with Gasteiger partial charge in [-0.3, -0.25) is 9.67 Å². The van der Waals surface area contributed by atoms with Crippen LogP contribution in [0.3, 0.4) is 0 Å². The molecule has 2 aromatic rings. The van der Waals surface area contributed by atoms with Crippen LogP contribution in [0.25, 0.3) is 0 Å². The van der Waals surface area contributed by atoms with Gasteiger partial charge in [-0.2, -0.15) is 5.10 Å². The number of rotatable bonds is 4. The van der Waals surface area contributed by atoms with Crippen LogP contribution in [-0.2, 0) is 0 Å². The molecule has 0 aromatic carbocycles. The molecular formula is C11H11FN4S. The van der Waals surface area contributed by atoms with Gasteiger partial charge < -0.3 is 5.32 Å². The third kappa shape index (κ3) is 2.47. The molecule has 1 unspecified atom stereocenters. The van der Waals surface area contributed by atoms with Crippen molar-refractivity contribution in [2.45, 2.75) is 13.0 Å². The van der Waals surface area contributed by atoms with E-state index in [1.165, 1.54) is 11.6 Å². The minimum Gasteiger partial charge on any atom is -0.336 e. The summed E-state index contributed by atoms with van der Waals surface area (Å²) >= 11 is 4.67. The van der Waals surface area contributed by atoms with Gasteiger partial charge in [-0.25, -0.2) is 4.39 Å². The lowest BCUT2D eigenvalue weighted by atomic mass is 10.2. The Labute approximate surface area is 103 Å². The minimum atomic E-state index is -0.333. The second-order valence-corrected chi connectivity index (χ2v) is 3.73. The largest absolute Gasteiger partial charge is 0.336 e. The lowest BCUT2D eigenvalue weighted by Crippen LogP contribution is -2.11. The minimum absolute atomic E-state index is 0.267. The summed E-state index contributed by atoms with van der Waals surface area (Å²) in [5, 5.41) is 7.01. The molecule has 17 heavy (non-hydrogen) atoms. The molecule has 0 aliphatic carbocycles. The van der Waals surface area contributed by atoms with Crippen LogP contribution < -0.4 is 5.32 Å². The van der Waals surface area contributed by atoms with Crippen molar-refractivity contribution >= 4 is 23.5 Å². The highest BCUT2D eigenvalue weighted by molar-refractivity contribution is 7.79. The van der Waals surface area contributed by atoms with Crippen molar-refractivity contribution in [2.24, 2.45) is 0 Å². The molecule has 1 N–H and O–H groups in total. The number of aromatic nitrogens is 3. The zero-order valence-electron chi connectivity index (χ0n) is 9.17. The first-order valence-corrected chi connectivity index (χ1v) is 5.55. The van der Waals surface area contributed by atoms with Gasteiger partial charge in [0.15, 0.2) is 5.82 Å². The van der Waals surface area contributed by atoms with Crippen molar-refractivity contribution in [3.63, 3.8) is 0 Å². The van der Waals surface area contributed by atoms with Crippen LogP contribution in [-0.4, -0.2) is 20.3 Å². The molecule has 0 amide bonds. The first kappa shape index (κ1) is 11.7. The topological polar surface area (TPSA) is 42.7 Å². The molecule has 0 spiro atoms. The Morgan fingerprint density at radius 3 is 3.06 bits per heavy atom. The molecule has 6 heteroatoms. The molecule has 4 nitrogen and oxygen atoms in total. The maximum Gasteiger partial charge on any atom is 0.152 e. The fourth-order valence-corrected chi connectivity index (χ4v) is 1.64. The number of halogens is 1. The summed E-state index contributed by atoms with van der Waals surface area (Å²) < 4.78 is 15.2. The van der Waals surface area contributed by atoms with E-state index >= 15 is 0 Å². The fraction of sp³-hybridized carbons (Fsp3) is 0.182. The maximum absolute atomic E-state index is 13.5. The Morgan fingerprint density at radius 1 is 1.53 bits per heavy atom. The van der Waals surface area contributed by atoms with E-state index < -0.39 is 0 Å². The van der Waals surface area contributed by atoms with Crippen LogP contribution in [0.4, 0.5) is 10.2 Å². The fourth-order valence-electron chi connectivity index (χ4n) is 1.52. The van der Waals surface area contributed by atoms with E-state index in [9.17, 15) is 4.39 Å². The molecule has 88 valence electrons. The van der Waals surface area contributed by atoms with Crippen molar-refractivity contribution in [2.75, 3.05) is 5.32 Å². The lowest BCUT2D eigenvalue weighted by molar-refractivity contribution is 0.506. The normalized spacial score (nSPS) is 12.1. The van der Waals surface area contributed by atoms with Crippen molar-refractivity contribution in [3.8, 4) is 0 Å². The van der Waals surface area contributed by atoms with E-state index in [2.05, 4.69) is 27.6 Å². The van der Waals surface area contributed by atoms with Crippen LogP contribution in [0, 0.1) is 5.82 Å². The van der Waals surface area contributed by atoms with Crippen LogP contribution in [0.2, 0.25) is 0 Å². The molecule has 0 saturated heterocycles. The van der Waals surface area contributed by atoms with Gasteiger partial charge >= 0.3 is 0 Å². The summed E-state index contributed by atoms with van der Waals surface area (Å²) in [6.45, 7) is 1.83. The van der Waals surface area contributed by atoms with Crippen LogP contribution in [0.15, 0.2) is 30.6 Å². The Balaban J connectivity index is 2.27. The van der Waals surface area contributed by atoms with Crippen LogP contribution >= 0.6 is 12.2 Å². The van der Waals surface area contributed by atoms with Crippen LogP contribution in [0.1, 0.15) is 18.7 Å². The van der Waals surface area contributed by atoms with E-state index in [1.807, 2.05) is 6.92 Å². The van der Waals surface area contributed by atoms with E-state index in [-0.39, 0.29) is 11.9 Å². The molecule has 2 heterocycles. The third-order valence-corrected chi connectivity index (χ3v) is 2.51. The average Bonchev–Trinajstić information content (AvgIpc) is 2.78. The van der Waals surface area contributed by atoms with Crippen molar-refractivity contribution in [1.29, 1.82) is 0 Å². The molecule has 1 atom stereocenters. The smallest absolute Gasteiger partial charge is 0.152 e. The molecule has 0 aliphatic rings. The summed E-state index contributed by atoms with van der Waals surface area (Å²) in [6, 6.07) is 4.45. The molecule has 0 saturated carbocycles. The lowest BCUT2D eigenvalue weighted by Gasteiger charge is -2.11. The van der Waals surface area contributed by atoms with Gasteiger partial charge in [0, 0.05) is 18.5 Å².